The van der Waals surface area contributed by atoms with Gasteiger partial charge in [0.25, 0.3) is 0 Å². The maximum Gasteiger partial charge on any atom is 0.146 e. The molecule has 1 aromatic carbocycles. The van der Waals surface area contributed by atoms with E-state index >= 15 is 0 Å². The van der Waals surface area contributed by atoms with Crippen molar-refractivity contribution in [3.63, 3.8) is 0 Å². The van der Waals surface area contributed by atoms with Gasteiger partial charge in [-0.2, -0.15) is 0 Å². The number of benzene rings is 1. The molecule has 2 aromatic heterocycles. The Hall–Kier alpha value is -3.21. The first-order chi connectivity index (χ1) is 18.1. The number of halogens is 2. The van der Waals surface area contributed by atoms with Gasteiger partial charge in [-0.15, -0.1) is 6.58 Å². The highest BCUT2D eigenvalue weighted by Crippen LogP contribution is 2.23. The number of rotatable bonds is 13. The Labute approximate surface area is 223 Å². The summed E-state index contributed by atoms with van der Waals surface area (Å²) in [6.07, 6.45) is 7.03. The van der Waals surface area contributed by atoms with Gasteiger partial charge in [-0.3, -0.25) is 4.98 Å². The first kappa shape index (κ1) is 31.0. The molecule has 4 atom stereocenters. The summed E-state index contributed by atoms with van der Waals surface area (Å²) in [7, 11) is 1.74. The summed E-state index contributed by atoms with van der Waals surface area (Å²) in [4.78, 5) is 21.6. The summed E-state index contributed by atoms with van der Waals surface area (Å²) in [5.41, 5.74) is 14.5. The number of allylic oxidation sites excluding steroid dienone is 1. The van der Waals surface area contributed by atoms with Gasteiger partial charge in [0, 0.05) is 31.1 Å². The number of aromatic amines is 1. The largest absolute Gasteiger partial charge is 0.387 e. The van der Waals surface area contributed by atoms with Crippen LogP contribution in [0, 0.1) is 24.5 Å². The number of fused-ring (bicyclic) bond motifs is 1. The second-order valence-corrected chi connectivity index (χ2v) is 9.48. The van der Waals surface area contributed by atoms with E-state index in [0.717, 1.165) is 24.0 Å². The van der Waals surface area contributed by atoms with Crippen LogP contribution in [0.4, 0.5) is 14.5 Å². The molecule has 0 radical (unpaired) electrons. The summed E-state index contributed by atoms with van der Waals surface area (Å²) < 4.78 is 33.8. The standard InChI is InChI=1S/C21H27F2N5O.C7H13NO/c1-12-6-18-19(7-16(12)22)28-21(27-18)13(2)11-29-14(8-24)4-5-15-17(23)9-26-10-20(15)25-3;1-3-4-6(2)7(8)5-9/h6-7,9-10,13-14,25H,4-5,8,11,24H2,1-3H3,(H,27,28);3,5-7H,1,4,8H2,2H3/t13-,14+;6-,7?/m00/s1. The van der Waals surface area contributed by atoms with Crippen LogP contribution in [0.5, 0.6) is 0 Å². The zero-order valence-corrected chi connectivity index (χ0v) is 22.6. The lowest BCUT2D eigenvalue weighted by molar-refractivity contribution is -0.109. The quantitative estimate of drug-likeness (QED) is 0.190. The highest BCUT2D eigenvalue weighted by Gasteiger charge is 2.17. The third-order valence-electron chi connectivity index (χ3n) is 6.44. The van der Waals surface area contributed by atoms with Gasteiger partial charge in [0.1, 0.15) is 23.7 Å². The number of nitrogens with one attached hydrogen (secondary N) is 2. The molecule has 0 aliphatic rings. The van der Waals surface area contributed by atoms with Gasteiger partial charge in [-0.05, 0) is 43.7 Å². The number of hydrogen-bond acceptors (Lipinski definition) is 7. The lowest BCUT2D eigenvalue weighted by Gasteiger charge is -2.19. The van der Waals surface area contributed by atoms with E-state index in [1.165, 1.54) is 12.3 Å². The minimum Gasteiger partial charge on any atom is -0.387 e. The summed E-state index contributed by atoms with van der Waals surface area (Å²) in [5, 5.41) is 2.96. The molecule has 38 heavy (non-hydrogen) atoms. The Morgan fingerprint density at radius 1 is 1.24 bits per heavy atom. The number of H-pyrrole nitrogens is 1. The van der Waals surface area contributed by atoms with Gasteiger partial charge >= 0.3 is 0 Å². The van der Waals surface area contributed by atoms with Gasteiger partial charge in [0.2, 0.25) is 0 Å². The second kappa shape index (κ2) is 15.3. The van der Waals surface area contributed by atoms with Crippen molar-refractivity contribution in [3.8, 4) is 0 Å². The summed E-state index contributed by atoms with van der Waals surface area (Å²) in [6.45, 7) is 9.92. The highest BCUT2D eigenvalue weighted by atomic mass is 19.1. The molecule has 0 fully saturated rings. The second-order valence-electron chi connectivity index (χ2n) is 9.48. The number of anilines is 1. The topological polar surface area (TPSA) is 132 Å². The van der Waals surface area contributed by atoms with E-state index in [-0.39, 0.29) is 35.6 Å². The van der Waals surface area contributed by atoms with Crippen molar-refractivity contribution in [2.24, 2.45) is 17.4 Å². The molecular weight excluding hydrogens is 490 g/mol. The molecule has 0 spiro atoms. The Morgan fingerprint density at radius 2 is 1.97 bits per heavy atom. The fourth-order valence-corrected chi connectivity index (χ4v) is 3.81. The average Bonchev–Trinajstić information content (AvgIpc) is 3.32. The Balaban J connectivity index is 0.000000484. The van der Waals surface area contributed by atoms with E-state index in [2.05, 4.69) is 26.8 Å². The zero-order valence-electron chi connectivity index (χ0n) is 22.6. The Bertz CT molecular complexity index is 1150. The molecule has 3 rings (SSSR count). The summed E-state index contributed by atoms with van der Waals surface area (Å²) in [5.74, 6) is 0.321. The number of pyridine rings is 1. The molecule has 0 bridgehead atoms. The minimum absolute atomic E-state index is 0.0228. The fraction of sp³-hybridized carbons (Fsp3) is 0.464. The van der Waals surface area contributed by atoms with E-state index in [1.54, 1.807) is 32.3 Å². The van der Waals surface area contributed by atoms with E-state index < -0.39 is 0 Å². The maximum absolute atomic E-state index is 14.1. The molecule has 208 valence electrons. The number of hydrogen-bond donors (Lipinski definition) is 4. The summed E-state index contributed by atoms with van der Waals surface area (Å²) >= 11 is 0. The lowest BCUT2D eigenvalue weighted by Crippen LogP contribution is -2.29. The van der Waals surface area contributed by atoms with E-state index in [1.807, 2.05) is 13.8 Å². The molecule has 0 saturated carbocycles. The van der Waals surface area contributed by atoms with Crippen LogP contribution in [-0.2, 0) is 16.0 Å². The number of imidazole rings is 1. The van der Waals surface area contributed by atoms with E-state index in [0.29, 0.717) is 48.3 Å². The molecule has 0 amide bonds. The Kier molecular flexibility index (Phi) is 12.5. The molecule has 8 nitrogen and oxygen atoms in total. The third kappa shape index (κ3) is 8.68. The first-order valence-electron chi connectivity index (χ1n) is 12.7. The minimum atomic E-state index is -0.342. The molecule has 6 N–H and O–H groups in total. The van der Waals surface area contributed by atoms with Gasteiger partial charge in [0.15, 0.2) is 0 Å². The number of aldehydes is 1. The van der Waals surface area contributed by atoms with Crippen molar-refractivity contribution in [2.45, 2.75) is 58.1 Å². The van der Waals surface area contributed by atoms with Crippen molar-refractivity contribution in [2.75, 3.05) is 25.5 Å². The smallest absolute Gasteiger partial charge is 0.146 e. The number of nitrogens with two attached hydrogens (primary N) is 2. The molecule has 2 heterocycles. The van der Waals surface area contributed by atoms with Crippen LogP contribution in [0.15, 0.2) is 37.2 Å². The third-order valence-corrected chi connectivity index (χ3v) is 6.44. The van der Waals surface area contributed by atoms with Crippen molar-refractivity contribution in [3.05, 3.63) is 65.8 Å². The average molecular weight is 531 g/mol. The van der Waals surface area contributed by atoms with Crippen molar-refractivity contribution in [1.82, 2.24) is 15.0 Å². The molecular formula is C28H40F2N6O2. The normalized spacial score (nSPS) is 14.2. The monoisotopic (exact) mass is 530 g/mol. The SMILES string of the molecule is C=CC[C@H](C)C(N)C=O.CNc1cncc(F)c1CC[C@H](CN)OC[C@H](C)c1nc2cc(F)c(C)cc2[nH]1. The van der Waals surface area contributed by atoms with Crippen LogP contribution >= 0.6 is 0 Å². The highest BCUT2D eigenvalue weighted by molar-refractivity contribution is 5.76. The lowest BCUT2D eigenvalue weighted by atomic mass is 10.0. The van der Waals surface area contributed by atoms with Crippen molar-refractivity contribution < 1.29 is 18.3 Å². The predicted molar refractivity (Wildman–Crippen MR) is 148 cm³/mol. The van der Waals surface area contributed by atoms with Gasteiger partial charge in [-0.25, -0.2) is 13.8 Å². The van der Waals surface area contributed by atoms with Crippen molar-refractivity contribution in [1.29, 1.82) is 0 Å². The number of nitrogens with zero attached hydrogens (tertiary/aromatic N) is 2. The fourth-order valence-electron chi connectivity index (χ4n) is 3.81. The van der Waals surface area contributed by atoms with Crippen LogP contribution in [0.25, 0.3) is 11.0 Å². The molecule has 1 unspecified atom stereocenters. The molecule has 0 aliphatic heterocycles. The number of carbonyl (C=O) groups is 1. The Morgan fingerprint density at radius 3 is 2.61 bits per heavy atom. The van der Waals surface area contributed by atoms with Gasteiger partial charge in [-0.1, -0.05) is 19.9 Å². The number of carbonyl (C=O) groups excluding carboxylic acids is 1. The number of aromatic nitrogens is 3. The number of ether oxygens (including phenoxy) is 1. The zero-order chi connectivity index (χ0) is 28.2. The van der Waals surface area contributed by atoms with E-state index in [4.69, 9.17) is 16.2 Å². The van der Waals surface area contributed by atoms with Crippen LogP contribution in [0.3, 0.4) is 0 Å². The predicted octanol–water partition coefficient (Wildman–Crippen LogP) is 4.39. The molecule has 0 saturated heterocycles. The van der Waals surface area contributed by atoms with Crippen LogP contribution < -0.4 is 16.8 Å². The molecule has 3 aromatic rings. The molecule has 0 aliphatic carbocycles. The van der Waals surface area contributed by atoms with Crippen molar-refractivity contribution >= 4 is 23.0 Å². The summed E-state index contributed by atoms with van der Waals surface area (Å²) in [6, 6.07) is 2.85. The van der Waals surface area contributed by atoms with Gasteiger partial charge in [0.05, 0.1) is 47.9 Å². The van der Waals surface area contributed by atoms with Crippen LogP contribution in [-0.4, -0.2) is 53.6 Å². The number of aryl methyl sites for hydroxylation is 1. The van der Waals surface area contributed by atoms with Crippen LogP contribution in [0.2, 0.25) is 0 Å². The molecule has 10 heteroatoms. The maximum atomic E-state index is 14.1. The first-order valence-corrected chi connectivity index (χ1v) is 12.7. The van der Waals surface area contributed by atoms with Crippen LogP contribution in [0.1, 0.15) is 49.6 Å². The van der Waals surface area contributed by atoms with Gasteiger partial charge < -0.3 is 31.3 Å². The van der Waals surface area contributed by atoms with E-state index in [9.17, 15) is 13.6 Å².